The third kappa shape index (κ3) is 6.41. The number of hydrogen-bond acceptors (Lipinski definition) is 1. The van der Waals surface area contributed by atoms with Crippen LogP contribution in [0.5, 0.6) is 0 Å². The van der Waals surface area contributed by atoms with Crippen LogP contribution in [0.15, 0.2) is 0 Å². The van der Waals surface area contributed by atoms with Crippen LogP contribution in [0, 0.1) is 61.2 Å². The van der Waals surface area contributed by atoms with Crippen LogP contribution in [0.2, 0.25) is 0 Å². The van der Waals surface area contributed by atoms with Crippen molar-refractivity contribution in [3.8, 4) is 0 Å². The Morgan fingerprint density at radius 3 is 1.71 bits per heavy atom. The first-order chi connectivity index (χ1) is 6.33. The Balaban J connectivity index is 0.000000246. The zero-order valence-corrected chi connectivity index (χ0v) is 10.6. The van der Waals surface area contributed by atoms with Gasteiger partial charge in [-0.25, -0.2) is 0 Å². The maximum atomic E-state index is 10.0. The van der Waals surface area contributed by atoms with Crippen LogP contribution in [0.25, 0.3) is 0 Å². The molecule has 72 valence electrons. The van der Waals surface area contributed by atoms with E-state index in [-0.39, 0.29) is 17.1 Å². The van der Waals surface area contributed by atoms with E-state index in [0.717, 1.165) is 16.1 Å². The molecule has 0 unspecified atom stereocenters. The van der Waals surface area contributed by atoms with Gasteiger partial charge in [-0.15, -0.1) is 0 Å². The number of aldehydes is 1. The van der Waals surface area contributed by atoms with Gasteiger partial charge in [0.05, 0.1) is 0 Å². The molecule has 10 radical (unpaired) electrons. The van der Waals surface area contributed by atoms with E-state index in [1.54, 1.807) is 6.42 Å². The van der Waals surface area contributed by atoms with Gasteiger partial charge in [-0.05, 0) is 51.4 Å². The maximum absolute atomic E-state index is 10.0. The Morgan fingerprint density at radius 1 is 1.00 bits per heavy atom. The average molecular weight is 340 g/mol. The van der Waals surface area contributed by atoms with E-state index < -0.39 is 0 Å². The van der Waals surface area contributed by atoms with Crippen molar-refractivity contribution in [3.05, 3.63) is 61.2 Å². The Morgan fingerprint density at radius 2 is 1.50 bits per heavy atom. The Bertz CT molecular complexity index is 141. The second-order valence-electron chi connectivity index (χ2n) is 2.44. The molecule has 0 aromatic carbocycles. The van der Waals surface area contributed by atoms with Crippen molar-refractivity contribution in [2.24, 2.45) is 0 Å². The number of carbonyl (C=O) groups is 1. The molecule has 2 fully saturated rings. The average Bonchev–Trinajstić information content (AvgIpc) is 2.76. The molecule has 2 rings (SSSR count). The maximum Gasteiger partial charge on any atom is 2.00 e. The monoisotopic (exact) mass is 340 g/mol. The van der Waals surface area contributed by atoms with Gasteiger partial charge >= 0.3 is 17.1 Å². The normalized spacial score (nSPS) is 22.4. The van der Waals surface area contributed by atoms with E-state index in [1.807, 2.05) is 44.9 Å². The molecule has 0 aromatic heterocycles. The molecule has 3 heteroatoms. The first-order valence-electron chi connectivity index (χ1n) is 3.87. The van der Waals surface area contributed by atoms with Gasteiger partial charge in [0.1, 0.15) is 6.29 Å². The van der Waals surface area contributed by atoms with Crippen LogP contribution >= 0.6 is 22.6 Å². The van der Waals surface area contributed by atoms with Crippen molar-refractivity contribution in [2.45, 2.75) is 0 Å². The van der Waals surface area contributed by atoms with Crippen LogP contribution in [0.1, 0.15) is 0 Å². The molecule has 0 amide bonds. The summed E-state index contributed by atoms with van der Waals surface area (Å²) in [6, 6.07) is 0. The molecule has 14 heavy (non-hydrogen) atoms. The molecule has 0 spiro atoms. The first kappa shape index (κ1) is 14.9. The van der Waals surface area contributed by atoms with Crippen molar-refractivity contribution in [3.63, 3.8) is 0 Å². The van der Waals surface area contributed by atoms with Crippen molar-refractivity contribution < 1.29 is 21.9 Å². The Labute approximate surface area is 111 Å². The predicted octanol–water partition coefficient (Wildman–Crippen LogP) is 2.37. The fraction of sp³-hybridized carbons (Fsp3) is 0. The minimum Gasteiger partial charge on any atom is -0.303 e. The van der Waals surface area contributed by atoms with Gasteiger partial charge in [0.15, 0.2) is 0 Å². The number of hydrogen-bond donors (Lipinski definition) is 0. The molecule has 1 nitrogen and oxygen atoms in total. The summed E-state index contributed by atoms with van der Waals surface area (Å²) in [7, 11) is 0. The summed E-state index contributed by atoms with van der Waals surface area (Å²) in [5.41, 5.74) is 0. The summed E-state index contributed by atoms with van der Waals surface area (Å²) in [4.78, 5) is 10.0. The fourth-order valence-corrected chi connectivity index (χ4v) is 1.36. The summed E-state index contributed by atoms with van der Waals surface area (Å²) in [5, 5.41) is 0. The minimum atomic E-state index is 0. The molecule has 0 heterocycles. The van der Waals surface area contributed by atoms with E-state index in [4.69, 9.17) is 0 Å². The zero-order chi connectivity index (χ0) is 9.52. The van der Waals surface area contributed by atoms with E-state index in [1.165, 1.54) is 0 Å². The van der Waals surface area contributed by atoms with Gasteiger partial charge in [0.2, 0.25) is 0 Å². The van der Waals surface area contributed by atoms with Crippen LogP contribution in [0.4, 0.5) is 0 Å². The smallest absolute Gasteiger partial charge is 0.303 e. The van der Waals surface area contributed by atoms with Crippen LogP contribution in [-0.4, -0.2) is 6.29 Å². The second kappa shape index (κ2) is 9.17. The van der Waals surface area contributed by atoms with E-state index in [0.29, 0.717) is 0 Å². The van der Waals surface area contributed by atoms with Crippen molar-refractivity contribution in [1.29, 1.82) is 0 Å². The van der Waals surface area contributed by atoms with Gasteiger partial charge in [0.25, 0.3) is 0 Å². The summed E-state index contributed by atoms with van der Waals surface area (Å²) in [5.74, 6) is 0.759. The van der Waals surface area contributed by atoms with Crippen molar-refractivity contribution >= 4 is 28.9 Å². The minimum absolute atomic E-state index is 0. The molecule has 0 aliphatic heterocycles. The van der Waals surface area contributed by atoms with Crippen molar-refractivity contribution in [2.75, 3.05) is 0 Å². The Kier molecular flexibility index (Phi) is 9.77. The molecule has 0 atom stereocenters. The summed E-state index contributed by atoms with van der Waals surface area (Å²) < 4.78 is 1.12. The van der Waals surface area contributed by atoms with Crippen molar-refractivity contribution in [1.82, 2.24) is 0 Å². The molecule has 0 aromatic rings. The van der Waals surface area contributed by atoms with Gasteiger partial charge in [-0.1, -0.05) is 22.6 Å². The van der Waals surface area contributed by atoms with Gasteiger partial charge in [-0.2, -0.15) is 0 Å². The summed E-state index contributed by atoms with van der Waals surface area (Å²) in [6.45, 7) is 0. The van der Waals surface area contributed by atoms with E-state index >= 15 is 0 Å². The molecular weight excluding hydrogens is 331 g/mol. The van der Waals surface area contributed by atoms with Crippen LogP contribution in [-0.2, 0) is 21.9 Å². The SMILES string of the molecule is O=C[C]1[CH][CH][C](I)[CH]1.[CH]1[CH][CH][CH][CH]1.[Fe+2]. The third-order valence-electron chi connectivity index (χ3n) is 1.43. The summed E-state index contributed by atoms with van der Waals surface area (Å²) in [6.07, 6.45) is 16.4. The molecule has 2 aliphatic carbocycles. The molecule has 0 bridgehead atoms. The van der Waals surface area contributed by atoms with Gasteiger partial charge < -0.3 is 4.79 Å². The van der Waals surface area contributed by atoms with E-state index in [2.05, 4.69) is 22.6 Å². The molecular formula is C11H9FeIO+2. The predicted molar refractivity (Wildman–Crippen MR) is 61.0 cm³/mol. The van der Waals surface area contributed by atoms with Gasteiger partial charge in [0, 0.05) is 9.84 Å². The Hall–Kier alpha value is 0.919. The molecule has 0 saturated heterocycles. The number of halogens is 1. The largest absolute Gasteiger partial charge is 2.00 e. The fourth-order valence-electron chi connectivity index (χ4n) is 0.825. The quantitative estimate of drug-likeness (QED) is 0.407. The van der Waals surface area contributed by atoms with Gasteiger partial charge in [-0.3, -0.25) is 0 Å². The zero-order valence-electron chi connectivity index (χ0n) is 7.34. The second-order valence-corrected chi connectivity index (χ2v) is 3.69. The number of carbonyl (C=O) groups excluding carboxylic acids is 1. The standard InChI is InChI=1S/C6H4IO.C5H5.Fe/c7-6-2-1-5(3-6)4-8;1-2-4-5-3-1;/h1-4H;1-5H;/q;;+2. The van der Waals surface area contributed by atoms with Crippen LogP contribution in [0.3, 0.4) is 0 Å². The molecule has 2 saturated carbocycles. The third-order valence-corrected chi connectivity index (χ3v) is 2.10. The van der Waals surface area contributed by atoms with Crippen LogP contribution < -0.4 is 0 Å². The summed E-state index contributed by atoms with van der Waals surface area (Å²) >= 11 is 2.17. The molecule has 2 aliphatic rings. The topological polar surface area (TPSA) is 17.1 Å². The first-order valence-corrected chi connectivity index (χ1v) is 4.95. The van der Waals surface area contributed by atoms with E-state index in [9.17, 15) is 4.79 Å². The molecule has 0 N–H and O–H groups in total. The number of rotatable bonds is 1.